The highest BCUT2D eigenvalue weighted by atomic mass is 16.2. The van der Waals surface area contributed by atoms with Gasteiger partial charge in [-0.05, 0) is 39.5 Å². The third-order valence-electron chi connectivity index (χ3n) is 5.41. The summed E-state index contributed by atoms with van der Waals surface area (Å²) in [5.41, 5.74) is 0. The lowest BCUT2D eigenvalue weighted by Gasteiger charge is -2.40. The summed E-state index contributed by atoms with van der Waals surface area (Å²) >= 11 is 0. The molecule has 5 nitrogen and oxygen atoms in total. The number of carbonyl (C=O) groups is 2. The topological polar surface area (TPSA) is 43.9 Å². The highest BCUT2D eigenvalue weighted by Crippen LogP contribution is 2.23. The molecule has 5 heteroatoms. The van der Waals surface area contributed by atoms with Gasteiger partial charge in [0.05, 0.1) is 0 Å². The average Bonchev–Trinajstić information content (AvgIpc) is 2.53. The maximum atomic E-state index is 12.7. The highest BCUT2D eigenvalue weighted by molar-refractivity contribution is 5.79. The Labute approximate surface area is 134 Å². The molecule has 2 fully saturated rings. The van der Waals surface area contributed by atoms with Crippen LogP contribution in [0.15, 0.2) is 0 Å². The van der Waals surface area contributed by atoms with Crippen LogP contribution in [-0.4, -0.2) is 71.8 Å². The van der Waals surface area contributed by atoms with E-state index in [1.54, 1.807) is 6.92 Å². The molecule has 2 heterocycles. The summed E-state index contributed by atoms with van der Waals surface area (Å²) in [5.74, 6) is 0.509. The molecule has 0 saturated carbocycles. The van der Waals surface area contributed by atoms with Gasteiger partial charge in [0.2, 0.25) is 11.8 Å². The Morgan fingerprint density at radius 1 is 1.00 bits per heavy atom. The van der Waals surface area contributed by atoms with Gasteiger partial charge in [0.1, 0.15) is 0 Å². The van der Waals surface area contributed by atoms with Gasteiger partial charge in [-0.1, -0.05) is 0 Å². The van der Waals surface area contributed by atoms with Gasteiger partial charge in [-0.25, -0.2) is 0 Å². The Bertz CT molecular complexity index is 395. The lowest BCUT2D eigenvalue weighted by atomic mass is 9.93. The lowest BCUT2D eigenvalue weighted by Crippen LogP contribution is -2.50. The van der Waals surface area contributed by atoms with Crippen LogP contribution in [0.25, 0.3) is 0 Å². The van der Waals surface area contributed by atoms with Gasteiger partial charge in [0.15, 0.2) is 0 Å². The zero-order valence-corrected chi connectivity index (χ0v) is 14.5. The molecule has 0 spiro atoms. The summed E-state index contributed by atoms with van der Waals surface area (Å²) in [4.78, 5) is 30.4. The first kappa shape index (κ1) is 17.3. The molecule has 0 aromatic heterocycles. The molecular weight excluding hydrogens is 278 g/mol. The fourth-order valence-corrected chi connectivity index (χ4v) is 3.70. The van der Waals surface area contributed by atoms with E-state index in [0.717, 1.165) is 51.9 Å². The minimum absolute atomic E-state index is 0.101. The van der Waals surface area contributed by atoms with Gasteiger partial charge in [-0.2, -0.15) is 0 Å². The van der Waals surface area contributed by atoms with E-state index in [1.807, 2.05) is 16.8 Å². The van der Waals surface area contributed by atoms with Crippen LogP contribution in [-0.2, 0) is 9.59 Å². The number of carbonyl (C=O) groups excluding carboxylic acids is 2. The summed E-state index contributed by atoms with van der Waals surface area (Å²) in [7, 11) is 1.97. The van der Waals surface area contributed by atoms with Crippen LogP contribution in [0.5, 0.6) is 0 Å². The predicted molar refractivity (Wildman–Crippen MR) is 87.5 cm³/mol. The van der Waals surface area contributed by atoms with Crippen LogP contribution in [0.1, 0.15) is 46.5 Å². The lowest BCUT2D eigenvalue weighted by molar-refractivity contribution is -0.141. The molecule has 0 N–H and O–H groups in total. The Balaban J connectivity index is 1.82. The zero-order valence-electron chi connectivity index (χ0n) is 14.5. The van der Waals surface area contributed by atoms with Crippen molar-refractivity contribution in [2.24, 2.45) is 5.92 Å². The van der Waals surface area contributed by atoms with Gasteiger partial charge in [0.25, 0.3) is 0 Å². The molecule has 2 saturated heterocycles. The summed E-state index contributed by atoms with van der Waals surface area (Å²) in [6.07, 6.45) is 3.78. The van der Waals surface area contributed by atoms with Crippen molar-refractivity contribution in [1.82, 2.24) is 14.7 Å². The molecule has 0 aliphatic carbocycles. The van der Waals surface area contributed by atoms with E-state index in [2.05, 4.69) is 18.7 Å². The number of nitrogens with zero attached hydrogens (tertiary/aromatic N) is 3. The molecule has 2 rings (SSSR count). The number of hydrogen-bond donors (Lipinski definition) is 0. The van der Waals surface area contributed by atoms with Gasteiger partial charge in [0, 0.05) is 58.2 Å². The molecule has 2 amide bonds. The number of rotatable bonds is 3. The van der Waals surface area contributed by atoms with Gasteiger partial charge in [-0.15, -0.1) is 0 Å². The van der Waals surface area contributed by atoms with Crippen LogP contribution in [0.3, 0.4) is 0 Å². The van der Waals surface area contributed by atoms with Crippen molar-refractivity contribution in [1.29, 1.82) is 0 Å². The van der Waals surface area contributed by atoms with E-state index < -0.39 is 0 Å². The molecule has 0 unspecified atom stereocenters. The first-order valence-electron chi connectivity index (χ1n) is 8.66. The van der Waals surface area contributed by atoms with Crippen LogP contribution in [0, 0.1) is 5.92 Å². The number of hydrogen-bond acceptors (Lipinski definition) is 3. The van der Waals surface area contributed by atoms with Gasteiger partial charge < -0.3 is 14.7 Å². The Kier molecular flexibility index (Phi) is 5.84. The minimum atomic E-state index is 0.101. The second-order valence-electron chi connectivity index (χ2n) is 7.09. The molecule has 2 aliphatic rings. The van der Waals surface area contributed by atoms with E-state index in [9.17, 15) is 9.59 Å². The standard InChI is InChI=1S/C17H31N3O2/c1-13(2)19-11-7-16(8-12-19)18(4)17(22)15-5-9-20(10-6-15)14(3)21/h13,15-16H,5-12H2,1-4H3. The second-order valence-corrected chi connectivity index (χ2v) is 7.09. The van der Waals surface area contributed by atoms with Gasteiger partial charge >= 0.3 is 0 Å². The summed E-state index contributed by atoms with van der Waals surface area (Å²) < 4.78 is 0. The molecule has 0 aromatic rings. The predicted octanol–water partition coefficient (Wildman–Crippen LogP) is 1.58. The average molecular weight is 309 g/mol. The fraction of sp³-hybridized carbons (Fsp3) is 0.882. The maximum absolute atomic E-state index is 12.7. The molecule has 0 atom stereocenters. The molecular formula is C17H31N3O2. The quantitative estimate of drug-likeness (QED) is 0.795. The summed E-state index contributed by atoms with van der Waals surface area (Å²) in [5, 5.41) is 0. The monoisotopic (exact) mass is 309 g/mol. The van der Waals surface area contributed by atoms with Crippen molar-refractivity contribution in [3.05, 3.63) is 0 Å². The smallest absolute Gasteiger partial charge is 0.225 e. The molecule has 0 radical (unpaired) electrons. The van der Waals surface area contributed by atoms with Crippen molar-refractivity contribution in [2.75, 3.05) is 33.2 Å². The van der Waals surface area contributed by atoms with E-state index in [1.165, 1.54) is 0 Å². The third-order valence-corrected chi connectivity index (χ3v) is 5.41. The third kappa shape index (κ3) is 4.00. The van der Waals surface area contributed by atoms with Gasteiger partial charge in [-0.3, -0.25) is 9.59 Å². The first-order chi connectivity index (χ1) is 10.4. The maximum Gasteiger partial charge on any atom is 0.225 e. The largest absolute Gasteiger partial charge is 0.343 e. The van der Waals surface area contributed by atoms with E-state index >= 15 is 0 Å². The van der Waals surface area contributed by atoms with E-state index in [0.29, 0.717) is 12.1 Å². The van der Waals surface area contributed by atoms with Crippen LogP contribution < -0.4 is 0 Å². The van der Waals surface area contributed by atoms with Crippen LogP contribution in [0.4, 0.5) is 0 Å². The molecule has 0 aromatic carbocycles. The second kappa shape index (κ2) is 7.44. The Hall–Kier alpha value is -1.10. The first-order valence-corrected chi connectivity index (χ1v) is 8.66. The van der Waals surface area contributed by atoms with Crippen molar-refractivity contribution < 1.29 is 9.59 Å². The normalized spacial score (nSPS) is 22.1. The Morgan fingerprint density at radius 2 is 1.55 bits per heavy atom. The Morgan fingerprint density at radius 3 is 2.00 bits per heavy atom. The number of likely N-dealkylation sites (tertiary alicyclic amines) is 2. The van der Waals surface area contributed by atoms with Crippen molar-refractivity contribution in [3.8, 4) is 0 Å². The fourth-order valence-electron chi connectivity index (χ4n) is 3.70. The minimum Gasteiger partial charge on any atom is -0.343 e. The van der Waals surface area contributed by atoms with E-state index in [4.69, 9.17) is 0 Å². The van der Waals surface area contributed by atoms with Crippen molar-refractivity contribution >= 4 is 11.8 Å². The summed E-state index contributed by atoms with van der Waals surface area (Å²) in [6, 6.07) is 0.978. The SMILES string of the molecule is CC(=O)N1CCC(C(=O)N(C)C2CCN(C(C)C)CC2)CC1. The van der Waals surface area contributed by atoms with E-state index in [-0.39, 0.29) is 17.7 Å². The van der Waals surface area contributed by atoms with Crippen LogP contribution in [0.2, 0.25) is 0 Å². The van der Waals surface area contributed by atoms with Crippen molar-refractivity contribution in [2.45, 2.75) is 58.5 Å². The molecule has 126 valence electrons. The molecule has 0 bridgehead atoms. The number of amides is 2. The summed E-state index contributed by atoms with van der Waals surface area (Å²) in [6.45, 7) is 9.70. The molecule has 2 aliphatic heterocycles. The van der Waals surface area contributed by atoms with Crippen molar-refractivity contribution in [3.63, 3.8) is 0 Å². The zero-order chi connectivity index (χ0) is 16.3. The highest BCUT2D eigenvalue weighted by Gasteiger charge is 2.32. The van der Waals surface area contributed by atoms with Crippen LogP contribution >= 0.6 is 0 Å². The number of piperidine rings is 2. The molecule has 22 heavy (non-hydrogen) atoms.